The lowest BCUT2D eigenvalue weighted by Gasteiger charge is -2.08. The number of pyridine rings is 2. The first-order valence-electron chi connectivity index (χ1n) is 10.6. The van der Waals surface area contributed by atoms with Crippen LogP contribution in [0.1, 0.15) is 11.1 Å². The van der Waals surface area contributed by atoms with Gasteiger partial charge in [0, 0.05) is 42.5 Å². The maximum atomic E-state index is 12.1. The molecule has 0 saturated heterocycles. The van der Waals surface area contributed by atoms with Gasteiger partial charge in [0.25, 0.3) is 0 Å². The monoisotopic (exact) mass is 484 g/mol. The number of hydrogen-bond donors (Lipinski definition) is 5. The Kier molecular flexibility index (Phi) is 6.83. The van der Waals surface area contributed by atoms with Crippen molar-refractivity contribution in [1.29, 1.82) is 0 Å². The van der Waals surface area contributed by atoms with Gasteiger partial charge in [-0.3, -0.25) is 14.8 Å². The molecule has 0 saturated carbocycles. The maximum Gasteiger partial charge on any atom is 0.238 e. The Bertz CT molecular complexity index is 1560. The first-order chi connectivity index (χ1) is 17.3. The molecule has 0 unspecified atom stereocenters. The van der Waals surface area contributed by atoms with Gasteiger partial charge in [0.05, 0.1) is 0 Å². The highest BCUT2D eigenvalue weighted by molar-refractivity contribution is 5.88. The van der Waals surface area contributed by atoms with Crippen LogP contribution in [0.25, 0.3) is 34.4 Å². The zero-order valence-corrected chi connectivity index (χ0v) is 18.6. The number of fused-ring (bicyclic) bond motifs is 1. The van der Waals surface area contributed by atoms with Crippen molar-refractivity contribution in [3.63, 3.8) is 0 Å². The number of aromatic nitrogens is 2. The summed E-state index contributed by atoms with van der Waals surface area (Å²) in [6.45, 7) is 0. The molecule has 3 heterocycles. The van der Waals surface area contributed by atoms with Crippen molar-refractivity contribution in [1.82, 2.24) is 9.97 Å². The van der Waals surface area contributed by atoms with Crippen molar-refractivity contribution in [2.24, 2.45) is 0 Å². The number of phenols is 4. The zero-order valence-electron chi connectivity index (χ0n) is 18.6. The second-order valence-corrected chi connectivity index (χ2v) is 7.54. The third kappa shape index (κ3) is 5.26. The minimum absolute atomic E-state index is 0.134. The third-order valence-electron chi connectivity index (χ3n) is 5.05. The van der Waals surface area contributed by atoms with E-state index in [1.165, 1.54) is 6.07 Å². The largest absolute Gasteiger partial charge is 0.508 e. The standard InChI is InChI=1S/C15H10O7.C12H10N2/c16-7-4-10(19)12-11(5-7)22-15(14(21)13(12)20)6-1-2-8(17)9(18)3-6;1(11-3-7-13-8-4-11)2-12-5-9-14-10-6-12/h1-5,16-19,21H;1-10H/b;2-1+. The number of phenolic OH excluding ortho intramolecular Hbond substituents is 4. The van der Waals surface area contributed by atoms with Crippen LogP contribution in [-0.4, -0.2) is 35.5 Å². The van der Waals surface area contributed by atoms with Gasteiger partial charge >= 0.3 is 0 Å². The minimum Gasteiger partial charge on any atom is -0.508 e. The number of benzene rings is 2. The summed E-state index contributed by atoms with van der Waals surface area (Å²) in [7, 11) is 0. The fourth-order valence-electron chi connectivity index (χ4n) is 3.28. The smallest absolute Gasteiger partial charge is 0.238 e. The van der Waals surface area contributed by atoms with E-state index in [2.05, 4.69) is 22.1 Å². The molecule has 0 aliphatic heterocycles. The molecule has 180 valence electrons. The van der Waals surface area contributed by atoms with Crippen LogP contribution >= 0.6 is 0 Å². The van der Waals surface area contributed by atoms with E-state index in [0.717, 1.165) is 35.4 Å². The molecule has 36 heavy (non-hydrogen) atoms. The van der Waals surface area contributed by atoms with Crippen molar-refractivity contribution in [2.75, 3.05) is 0 Å². The molecule has 0 atom stereocenters. The number of nitrogens with zero attached hydrogens (tertiary/aromatic N) is 2. The predicted molar refractivity (Wildman–Crippen MR) is 134 cm³/mol. The molecule has 5 aromatic rings. The predicted octanol–water partition coefficient (Wildman–Crippen LogP) is 4.64. The van der Waals surface area contributed by atoms with Crippen LogP contribution in [0.2, 0.25) is 0 Å². The van der Waals surface area contributed by atoms with Gasteiger partial charge < -0.3 is 29.9 Å². The Labute approximate surface area is 204 Å². The van der Waals surface area contributed by atoms with Crippen molar-refractivity contribution >= 4 is 23.1 Å². The molecule has 0 aliphatic rings. The Hall–Kier alpha value is -5.31. The first kappa shape index (κ1) is 23.8. The molecular weight excluding hydrogens is 464 g/mol. The lowest BCUT2D eigenvalue weighted by molar-refractivity contribution is 0.403. The molecular formula is C27H20N2O7. The van der Waals surface area contributed by atoms with E-state index in [4.69, 9.17) is 4.42 Å². The number of rotatable bonds is 3. The average Bonchev–Trinajstić information content (AvgIpc) is 2.88. The van der Waals surface area contributed by atoms with Gasteiger partial charge in [-0.05, 0) is 53.6 Å². The summed E-state index contributed by atoms with van der Waals surface area (Å²) in [5.41, 5.74) is 1.41. The summed E-state index contributed by atoms with van der Waals surface area (Å²) in [5.74, 6) is -2.71. The third-order valence-corrected chi connectivity index (χ3v) is 5.05. The normalized spacial score (nSPS) is 10.8. The summed E-state index contributed by atoms with van der Waals surface area (Å²) in [5, 5.41) is 47.6. The average molecular weight is 484 g/mol. The summed E-state index contributed by atoms with van der Waals surface area (Å²) in [4.78, 5) is 20.1. The van der Waals surface area contributed by atoms with Crippen molar-refractivity contribution in [3.8, 4) is 40.1 Å². The molecule has 0 bridgehead atoms. The van der Waals surface area contributed by atoms with Gasteiger partial charge in [-0.25, -0.2) is 0 Å². The molecule has 0 spiro atoms. The Morgan fingerprint density at radius 1 is 0.667 bits per heavy atom. The van der Waals surface area contributed by atoms with Crippen molar-refractivity contribution < 1.29 is 29.9 Å². The molecule has 3 aromatic heterocycles. The molecule has 5 rings (SSSR count). The molecule has 0 fully saturated rings. The van der Waals surface area contributed by atoms with Crippen molar-refractivity contribution in [3.05, 3.63) is 101 Å². The first-order valence-corrected chi connectivity index (χ1v) is 10.6. The quantitative estimate of drug-likeness (QED) is 0.230. The topological polar surface area (TPSA) is 157 Å². The van der Waals surface area contributed by atoms with Gasteiger partial charge in [-0.1, -0.05) is 12.2 Å². The van der Waals surface area contributed by atoms with E-state index in [0.29, 0.717) is 0 Å². The lowest BCUT2D eigenvalue weighted by atomic mass is 10.1. The van der Waals surface area contributed by atoms with E-state index in [-0.39, 0.29) is 33.8 Å². The van der Waals surface area contributed by atoms with Gasteiger partial charge in [0.2, 0.25) is 11.2 Å². The fraction of sp³-hybridized carbons (Fsp3) is 0. The van der Waals surface area contributed by atoms with Gasteiger partial charge in [-0.15, -0.1) is 0 Å². The Morgan fingerprint density at radius 3 is 1.81 bits per heavy atom. The second-order valence-electron chi connectivity index (χ2n) is 7.54. The van der Waals surface area contributed by atoms with Gasteiger partial charge in [0.15, 0.2) is 17.3 Å². The van der Waals surface area contributed by atoms with Gasteiger partial charge in [0.1, 0.15) is 22.5 Å². The van der Waals surface area contributed by atoms with E-state index in [9.17, 15) is 30.3 Å². The van der Waals surface area contributed by atoms with Crippen molar-refractivity contribution in [2.45, 2.75) is 0 Å². The maximum absolute atomic E-state index is 12.1. The fourth-order valence-corrected chi connectivity index (χ4v) is 3.28. The Balaban J connectivity index is 0.000000187. The van der Waals surface area contributed by atoms with Gasteiger partial charge in [-0.2, -0.15) is 0 Å². The van der Waals surface area contributed by atoms with Crippen LogP contribution < -0.4 is 5.43 Å². The Morgan fingerprint density at radius 2 is 1.25 bits per heavy atom. The molecule has 5 N–H and O–H groups in total. The highest BCUT2D eigenvalue weighted by Crippen LogP contribution is 2.37. The van der Waals surface area contributed by atoms with E-state index >= 15 is 0 Å². The van der Waals surface area contributed by atoms with Crippen LogP contribution in [0.15, 0.2) is 88.6 Å². The second kappa shape index (κ2) is 10.3. The zero-order chi connectivity index (χ0) is 25.7. The molecule has 9 heteroatoms. The minimum atomic E-state index is -0.888. The van der Waals surface area contributed by atoms with Crippen LogP contribution in [0.5, 0.6) is 28.7 Å². The van der Waals surface area contributed by atoms with E-state index in [1.807, 2.05) is 24.3 Å². The summed E-state index contributed by atoms with van der Waals surface area (Å²) < 4.78 is 5.35. The molecule has 0 aliphatic carbocycles. The van der Waals surface area contributed by atoms with Crippen LogP contribution in [0, 0.1) is 0 Å². The molecule has 2 aromatic carbocycles. The highest BCUT2D eigenvalue weighted by Gasteiger charge is 2.19. The van der Waals surface area contributed by atoms with E-state index < -0.39 is 22.7 Å². The number of hydrogen-bond acceptors (Lipinski definition) is 9. The summed E-state index contributed by atoms with van der Waals surface area (Å²) in [6.07, 6.45) is 11.2. The van der Waals surface area contributed by atoms with Crippen LogP contribution in [0.4, 0.5) is 0 Å². The highest BCUT2D eigenvalue weighted by atomic mass is 16.4. The van der Waals surface area contributed by atoms with Crippen LogP contribution in [-0.2, 0) is 0 Å². The SMILES string of the molecule is C(=C\c1ccncc1)/c1ccncc1.O=c1c(O)c(-c2ccc(O)c(O)c2)oc2cc(O)cc(O)c12. The summed E-state index contributed by atoms with van der Waals surface area (Å²) in [6, 6.07) is 13.5. The van der Waals surface area contributed by atoms with E-state index in [1.54, 1.807) is 24.8 Å². The number of aromatic hydroxyl groups is 5. The van der Waals surface area contributed by atoms with Crippen LogP contribution in [0.3, 0.4) is 0 Å². The molecule has 0 amide bonds. The lowest BCUT2D eigenvalue weighted by Crippen LogP contribution is -2.02. The molecule has 0 radical (unpaired) electrons. The molecule has 9 nitrogen and oxygen atoms in total. The summed E-state index contributed by atoms with van der Waals surface area (Å²) >= 11 is 0.